The van der Waals surface area contributed by atoms with E-state index in [0.717, 1.165) is 30.9 Å². The first kappa shape index (κ1) is 19.0. The number of Topliss-reactive ketones (excluding diaryl/α,β-unsaturated/α-hetero) is 1. The van der Waals surface area contributed by atoms with Gasteiger partial charge in [-0.15, -0.1) is 0 Å². The zero-order valence-electron chi connectivity index (χ0n) is 14.6. The predicted octanol–water partition coefficient (Wildman–Crippen LogP) is 1.64. The Labute approximate surface area is 148 Å². The Morgan fingerprint density at radius 3 is 2.38 bits per heavy atom. The highest BCUT2D eigenvalue weighted by Gasteiger charge is 2.61. The molecule has 0 aromatic heterocycles. The summed E-state index contributed by atoms with van der Waals surface area (Å²) < 4.78 is 10.0. The SMILES string of the molecule is COc1ccccc1OC.[B]C1CC(CCNC)C2[B]C2([B])C1=O. The van der Waals surface area contributed by atoms with Gasteiger partial charge in [0.1, 0.15) is 13.1 Å². The van der Waals surface area contributed by atoms with Crippen molar-refractivity contribution in [3.05, 3.63) is 24.3 Å². The lowest BCUT2D eigenvalue weighted by atomic mass is 9.57. The summed E-state index contributed by atoms with van der Waals surface area (Å²) in [7, 11) is 18.9. The molecule has 4 unspecified atom stereocenters. The first-order valence-corrected chi connectivity index (χ1v) is 8.24. The van der Waals surface area contributed by atoms with Crippen molar-refractivity contribution in [2.45, 2.75) is 29.7 Å². The van der Waals surface area contributed by atoms with Crippen LogP contribution in [0.5, 0.6) is 11.5 Å². The van der Waals surface area contributed by atoms with E-state index in [-0.39, 0.29) is 17.4 Å². The molecule has 0 bridgehead atoms. The van der Waals surface area contributed by atoms with Gasteiger partial charge in [0.2, 0.25) is 0 Å². The van der Waals surface area contributed by atoms with Crippen molar-refractivity contribution in [3.63, 3.8) is 0 Å². The highest BCUT2D eigenvalue weighted by molar-refractivity contribution is 6.78. The van der Waals surface area contributed by atoms with Gasteiger partial charge in [-0.1, -0.05) is 17.9 Å². The predicted molar refractivity (Wildman–Crippen MR) is 98.7 cm³/mol. The molecule has 4 atom stereocenters. The van der Waals surface area contributed by atoms with Crippen LogP contribution in [0.15, 0.2) is 24.3 Å². The first-order chi connectivity index (χ1) is 11.5. The monoisotopic (exact) mass is 322 g/mol. The molecule has 0 amide bonds. The van der Waals surface area contributed by atoms with E-state index in [1.54, 1.807) is 14.2 Å². The number of methoxy groups -OCH3 is 2. The highest BCUT2D eigenvalue weighted by atomic mass is 16.5. The summed E-state index contributed by atoms with van der Waals surface area (Å²) in [6, 6.07) is 7.53. The third kappa shape index (κ3) is 4.00. The molecule has 24 heavy (non-hydrogen) atoms. The maximum Gasteiger partial charge on any atom is 0.160 e. The minimum Gasteiger partial charge on any atom is -0.493 e. The largest absolute Gasteiger partial charge is 0.493 e. The number of ketones is 1. The lowest BCUT2D eigenvalue weighted by molar-refractivity contribution is -0.120. The van der Waals surface area contributed by atoms with E-state index < -0.39 is 5.21 Å². The lowest BCUT2D eigenvalue weighted by Crippen LogP contribution is -2.28. The number of nitrogens with one attached hydrogen (secondary N) is 1. The lowest BCUT2D eigenvalue weighted by Gasteiger charge is -2.31. The van der Waals surface area contributed by atoms with E-state index >= 15 is 0 Å². The van der Waals surface area contributed by atoms with Crippen LogP contribution in [0.1, 0.15) is 12.8 Å². The number of fused-ring (bicyclic) bond motifs is 1. The molecule has 1 aliphatic carbocycles. The van der Waals surface area contributed by atoms with Crippen LogP contribution in [0.2, 0.25) is 16.8 Å². The van der Waals surface area contributed by atoms with E-state index in [1.165, 1.54) is 0 Å². The number of carbonyl (C=O) groups is 1. The number of hydrogen-bond acceptors (Lipinski definition) is 4. The topological polar surface area (TPSA) is 47.6 Å². The molecular formula is C17H23B3NO3. The highest BCUT2D eigenvalue weighted by Crippen LogP contribution is 2.65. The van der Waals surface area contributed by atoms with Crippen LogP contribution in [-0.4, -0.2) is 56.6 Å². The number of rotatable bonds is 5. The van der Waals surface area contributed by atoms with Crippen molar-refractivity contribution in [1.29, 1.82) is 0 Å². The van der Waals surface area contributed by atoms with Gasteiger partial charge in [-0.2, -0.15) is 0 Å². The van der Waals surface area contributed by atoms with Crippen molar-refractivity contribution >= 4 is 28.8 Å². The molecule has 5 radical (unpaired) electrons. The zero-order chi connectivity index (χ0) is 17.7. The summed E-state index contributed by atoms with van der Waals surface area (Å²) in [6.07, 6.45) is 1.85. The molecule has 2 fully saturated rings. The summed E-state index contributed by atoms with van der Waals surface area (Å²) in [4.78, 5) is 11.6. The summed E-state index contributed by atoms with van der Waals surface area (Å²) >= 11 is 0. The Balaban J connectivity index is 0.000000185. The van der Waals surface area contributed by atoms with Crippen molar-refractivity contribution in [2.24, 2.45) is 5.92 Å². The summed E-state index contributed by atoms with van der Waals surface area (Å²) in [5.74, 6) is 1.98. The summed E-state index contributed by atoms with van der Waals surface area (Å²) in [5.41, 5.74) is 0. The number of carbonyl (C=O) groups excluding carboxylic acids is 1. The molecular weight excluding hydrogens is 299 g/mol. The van der Waals surface area contributed by atoms with Crippen LogP contribution in [-0.2, 0) is 4.79 Å². The number of para-hydroxylation sites is 2. The van der Waals surface area contributed by atoms with E-state index in [4.69, 9.17) is 25.2 Å². The maximum atomic E-state index is 11.6. The van der Waals surface area contributed by atoms with Crippen LogP contribution in [0.3, 0.4) is 0 Å². The van der Waals surface area contributed by atoms with Crippen molar-refractivity contribution in [3.8, 4) is 11.5 Å². The van der Waals surface area contributed by atoms with Crippen LogP contribution in [0.25, 0.3) is 0 Å². The van der Waals surface area contributed by atoms with Crippen molar-refractivity contribution in [1.82, 2.24) is 5.32 Å². The Morgan fingerprint density at radius 2 is 1.88 bits per heavy atom. The fourth-order valence-electron chi connectivity index (χ4n) is 3.34. The molecule has 3 rings (SSSR count). The van der Waals surface area contributed by atoms with Gasteiger partial charge in [0.15, 0.2) is 11.5 Å². The van der Waals surface area contributed by atoms with Crippen LogP contribution < -0.4 is 14.8 Å². The van der Waals surface area contributed by atoms with Gasteiger partial charge in [-0.05, 0) is 55.5 Å². The molecule has 1 aromatic carbocycles. The third-order valence-corrected chi connectivity index (χ3v) is 4.78. The Morgan fingerprint density at radius 1 is 1.29 bits per heavy atom. The summed E-state index contributed by atoms with van der Waals surface area (Å²) in [5, 5.41) is 2.44. The second-order valence-electron chi connectivity index (χ2n) is 6.34. The van der Waals surface area contributed by atoms with Gasteiger partial charge < -0.3 is 19.6 Å². The summed E-state index contributed by atoms with van der Waals surface area (Å²) in [6.45, 7) is 0.964. The minimum atomic E-state index is -0.671. The average molecular weight is 322 g/mol. The molecule has 1 N–H and O–H groups in total. The molecule has 2 aliphatic rings. The smallest absolute Gasteiger partial charge is 0.160 e. The third-order valence-electron chi connectivity index (χ3n) is 4.78. The standard InChI is InChI=1S/C9H13B3NO.C8H10O2/c1-13-3-2-5-4-6(10)8(14)9(11)7(5)12-9;1-9-7-5-3-4-6-8(7)10-2/h5-7,13H,2-4H2,1H3;3-6H,1-2H3. The molecule has 1 aliphatic heterocycles. The van der Waals surface area contributed by atoms with Gasteiger partial charge in [0.05, 0.1) is 29.9 Å². The van der Waals surface area contributed by atoms with Gasteiger partial charge in [-0.3, -0.25) is 0 Å². The fourth-order valence-corrected chi connectivity index (χ4v) is 3.34. The quantitative estimate of drug-likeness (QED) is 0.838. The molecule has 1 heterocycles. The number of ether oxygens (including phenoxy) is 2. The second kappa shape index (κ2) is 8.15. The molecule has 123 valence electrons. The van der Waals surface area contributed by atoms with E-state index in [1.807, 2.05) is 38.6 Å². The van der Waals surface area contributed by atoms with Crippen molar-refractivity contribution in [2.75, 3.05) is 27.8 Å². The Bertz CT molecular complexity index is 549. The molecule has 1 saturated heterocycles. The number of hydrogen-bond donors (Lipinski definition) is 1. The second-order valence-corrected chi connectivity index (χ2v) is 6.34. The van der Waals surface area contributed by atoms with E-state index in [0.29, 0.717) is 5.92 Å². The van der Waals surface area contributed by atoms with Gasteiger partial charge in [-0.25, -0.2) is 0 Å². The Kier molecular flexibility index (Phi) is 6.44. The van der Waals surface area contributed by atoms with Crippen molar-refractivity contribution < 1.29 is 14.3 Å². The molecule has 0 spiro atoms. The zero-order valence-corrected chi connectivity index (χ0v) is 14.6. The average Bonchev–Trinajstić information content (AvgIpc) is 3.31. The van der Waals surface area contributed by atoms with Crippen LogP contribution in [0, 0.1) is 5.92 Å². The molecule has 4 nitrogen and oxygen atoms in total. The van der Waals surface area contributed by atoms with Gasteiger partial charge in [0, 0.05) is 0 Å². The first-order valence-electron chi connectivity index (χ1n) is 8.24. The van der Waals surface area contributed by atoms with Crippen LogP contribution >= 0.6 is 0 Å². The number of benzene rings is 1. The van der Waals surface area contributed by atoms with Gasteiger partial charge in [0.25, 0.3) is 0 Å². The van der Waals surface area contributed by atoms with Gasteiger partial charge >= 0.3 is 0 Å². The fraction of sp³-hybridized carbons (Fsp3) is 0.588. The minimum absolute atomic E-state index is 0.0307. The van der Waals surface area contributed by atoms with E-state index in [9.17, 15) is 4.79 Å². The molecule has 1 aromatic rings. The maximum absolute atomic E-state index is 11.6. The normalized spacial score (nSPS) is 30.3. The molecule has 1 saturated carbocycles. The van der Waals surface area contributed by atoms with Crippen LogP contribution in [0.4, 0.5) is 0 Å². The molecule has 7 heteroatoms. The Hall–Kier alpha value is -1.36. The van der Waals surface area contributed by atoms with E-state index in [2.05, 4.69) is 5.32 Å².